The molecule has 0 heterocycles. The van der Waals surface area contributed by atoms with Crippen molar-refractivity contribution in [1.82, 2.24) is 0 Å². The molecule has 0 fully saturated rings. The van der Waals surface area contributed by atoms with Crippen LogP contribution in [0.15, 0.2) is 30.3 Å². The summed E-state index contributed by atoms with van der Waals surface area (Å²) in [4.78, 5) is 0. The molecule has 0 aliphatic heterocycles. The molecule has 0 aromatic heterocycles. The van der Waals surface area contributed by atoms with Gasteiger partial charge in [0, 0.05) is 5.56 Å². The summed E-state index contributed by atoms with van der Waals surface area (Å²) in [6.07, 6.45) is 43.3. The third-order valence-corrected chi connectivity index (χ3v) is 10.3. The second-order valence-electron chi connectivity index (χ2n) is 15.1. The van der Waals surface area contributed by atoms with E-state index in [4.69, 9.17) is 17.5 Å². The second kappa shape index (κ2) is 35.5. The van der Waals surface area contributed by atoms with Crippen LogP contribution in [0.5, 0.6) is 0 Å². The van der Waals surface area contributed by atoms with Crippen molar-refractivity contribution in [1.29, 1.82) is 0 Å². The molecule has 0 amide bonds. The van der Waals surface area contributed by atoms with Gasteiger partial charge in [-0.05, 0) is 38.5 Å². The summed E-state index contributed by atoms with van der Waals surface area (Å²) in [6, 6.07) is 11.5. The largest absolute Gasteiger partial charge is 0.726 e. The van der Waals surface area contributed by atoms with Crippen molar-refractivity contribution in [3.05, 3.63) is 35.9 Å². The van der Waals surface area contributed by atoms with Crippen molar-refractivity contribution in [2.75, 3.05) is 19.6 Å². The molecule has 6 heteroatoms. The molecule has 1 aromatic carbocycles. The van der Waals surface area contributed by atoms with E-state index in [1.807, 2.05) is 0 Å². The van der Waals surface area contributed by atoms with Crippen LogP contribution in [0.2, 0.25) is 0 Å². The molecule has 5 nitrogen and oxygen atoms in total. The Morgan fingerprint density at radius 1 is 0.449 bits per heavy atom. The lowest BCUT2D eigenvalue weighted by Crippen LogP contribution is -2.49. The molecular formula is C43H83NO4S. The smallest absolute Gasteiger partial charge is 0.215 e. The highest BCUT2D eigenvalue weighted by molar-refractivity contribution is 7.79. The predicted octanol–water partition coefficient (Wildman–Crippen LogP) is 13.8. The number of nitrogens with zero attached hydrogens (tertiary/aromatic N) is 1. The van der Waals surface area contributed by atoms with Crippen molar-refractivity contribution < 1.29 is 22.0 Å². The Balaban J connectivity index is 0.00000427. The van der Waals surface area contributed by atoms with Crippen molar-refractivity contribution in [3.63, 3.8) is 0 Å². The Kier molecular flexibility index (Phi) is 34.8. The zero-order chi connectivity index (χ0) is 36.2. The van der Waals surface area contributed by atoms with Gasteiger partial charge in [0.05, 0.1) is 19.6 Å². The normalized spacial score (nSPS) is 11.9. The van der Waals surface area contributed by atoms with Crippen LogP contribution in [0.1, 0.15) is 219 Å². The van der Waals surface area contributed by atoms with Crippen LogP contribution in [0.4, 0.5) is 0 Å². The molecule has 0 radical (unpaired) electrons. The van der Waals surface area contributed by atoms with Crippen LogP contribution in [0, 0.1) is 0 Å². The molecule has 49 heavy (non-hydrogen) atoms. The molecule has 0 bridgehead atoms. The summed E-state index contributed by atoms with van der Waals surface area (Å²) in [5.41, 5.74) is 1.57. The molecule has 0 aliphatic rings. The summed E-state index contributed by atoms with van der Waals surface area (Å²) in [6.45, 7) is 12.4. The maximum absolute atomic E-state index is 8.63. The third kappa shape index (κ3) is 36.6. The van der Waals surface area contributed by atoms with E-state index in [9.17, 15) is 0 Å². The molecule has 1 rings (SSSR count). The van der Waals surface area contributed by atoms with Crippen LogP contribution in [-0.2, 0) is 16.9 Å². The van der Waals surface area contributed by atoms with E-state index in [0.29, 0.717) is 0 Å². The number of quaternary nitrogens is 1. The van der Waals surface area contributed by atoms with E-state index >= 15 is 0 Å². The lowest BCUT2D eigenvalue weighted by atomic mass is 10.0. The van der Waals surface area contributed by atoms with E-state index in [2.05, 4.69) is 51.1 Å². The Morgan fingerprint density at radius 2 is 0.673 bits per heavy atom. The lowest BCUT2D eigenvalue weighted by Gasteiger charge is -2.39. The fourth-order valence-corrected chi connectivity index (χ4v) is 7.35. The highest BCUT2D eigenvalue weighted by Gasteiger charge is 2.26. The van der Waals surface area contributed by atoms with Crippen molar-refractivity contribution >= 4 is 10.4 Å². The number of rotatable bonds is 35. The van der Waals surface area contributed by atoms with Crippen molar-refractivity contribution in [2.45, 2.75) is 220 Å². The first-order valence-corrected chi connectivity index (χ1v) is 22.7. The minimum Gasteiger partial charge on any atom is -0.726 e. The Hall–Kier alpha value is -0.950. The molecule has 290 valence electrons. The summed E-state index contributed by atoms with van der Waals surface area (Å²) >= 11 is 0. The minimum atomic E-state index is -4.92. The van der Waals surface area contributed by atoms with Crippen molar-refractivity contribution in [2.24, 2.45) is 0 Å². The van der Waals surface area contributed by atoms with Gasteiger partial charge in [-0.2, -0.15) is 0 Å². The highest BCUT2D eigenvalue weighted by atomic mass is 32.3. The summed E-state index contributed by atoms with van der Waals surface area (Å²) in [5, 5.41) is 0. The van der Waals surface area contributed by atoms with Gasteiger partial charge >= 0.3 is 0 Å². The molecule has 0 spiro atoms. The SMILES string of the molecule is CCCCCCCCCCCC[N+](CCCCCCCCCCCC)(CCCCCCCCCCCC)Cc1ccccc1.O=S(=O)([O-])O. The average Bonchev–Trinajstić information content (AvgIpc) is 3.07. The second-order valence-corrected chi connectivity index (χ2v) is 16.0. The summed E-state index contributed by atoms with van der Waals surface area (Å²) < 4.78 is 34.2. The number of benzene rings is 1. The molecular weight excluding hydrogens is 627 g/mol. The predicted molar refractivity (Wildman–Crippen MR) is 213 cm³/mol. The van der Waals surface area contributed by atoms with Crippen LogP contribution in [0.3, 0.4) is 0 Å². The zero-order valence-corrected chi connectivity index (χ0v) is 33.8. The molecule has 0 saturated carbocycles. The first kappa shape index (κ1) is 48.0. The first-order valence-electron chi connectivity index (χ1n) is 21.3. The monoisotopic (exact) mass is 710 g/mol. The Labute approximate surface area is 307 Å². The van der Waals surface area contributed by atoms with E-state index in [-0.39, 0.29) is 0 Å². The highest BCUT2D eigenvalue weighted by Crippen LogP contribution is 2.23. The van der Waals surface area contributed by atoms with E-state index in [1.54, 1.807) is 5.56 Å². The van der Waals surface area contributed by atoms with Gasteiger partial charge in [0.25, 0.3) is 0 Å². The number of hydrogen-bond donors (Lipinski definition) is 1. The van der Waals surface area contributed by atoms with Gasteiger partial charge in [-0.15, -0.1) is 0 Å². The van der Waals surface area contributed by atoms with E-state index in [1.165, 1.54) is 223 Å². The van der Waals surface area contributed by atoms with Gasteiger partial charge in [-0.25, -0.2) is 8.42 Å². The maximum Gasteiger partial charge on any atom is 0.215 e. The maximum atomic E-state index is 8.63. The Morgan fingerprint density at radius 3 is 0.918 bits per heavy atom. The molecule has 1 aromatic rings. The number of unbranched alkanes of at least 4 members (excludes halogenated alkanes) is 27. The van der Waals surface area contributed by atoms with Crippen LogP contribution in [0.25, 0.3) is 0 Å². The van der Waals surface area contributed by atoms with Gasteiger partial charge in [0.15, 0.2) is 0 Å². The fourth-order valence-electron chi connectivity index (χ4n) is 7.35. The van der Waals surface area contributed by atoms with E-state index < -0.39 is 10.4 Å². The summed E-state index contributed by atoms with van der Waals surface area (Å²) in [7, 11) is -4.92. The van der Waals surface area contributed by atoms with Crippen LogP contribution >= 0.6 is 0 Å². The van der Waals surface area contributed by atoms with Crippen molar-refractivity contribution in [3.8, 4) is 0 Å². The molecule has 0 unspecified atom stereocenters. The van der Waals surface area contributed by atoms with Crippen LogP contribution < -0.4 is 0 Å². The van der Waals surface area contributed by atoms with Gasteiger partial charge < -0.3 is 9.04 Å². The standard InChI is InChI=1S/C43H82N.H2O4S/c1-4-7-10-13-16-19-22-25-28-34-39-44(42-43-37-32-31-33-38-43,40-35-29-26-23-20-17-14-11-8-5-2)41-36-30-27-24-21-18-15-12-9-6-3;1-5(2,3)4/h31-33,37-38H,4-30,34-36,39-42H2,1-3H3;(H2,1,2,3,4)/q+1;/p-1. The quantitative estimate of drug-likeness (QED) is 0.0329. The zero-order valence-electron chi connectivity index (χ0n) is 33.0. The van der Waals surface area contributed by atoms with Crippen LogP contribution in [-0.4, -0.2) is 41.6 Å². The summed E-state index contributed by atoms with van der Waals surface area (Å²) in [5.74, 6) is 0. The van der Waals surface area contributed by atoms with Gasteiger partial charge in [0.2, 0.25) is 10.4 Å². The van der Waals surface area contributed by atoms with Gasteiger partial charge in [-0.3, -0.25) is 4.55 Å². The average molecular weight is 710 g/mol. The van der Waals surface area contributed by atoms with Gasteiger partial charge in [0.1, 0.15) is 6.54 Å². The Bertz CT molecular complexity index is 825. The lowest BCUT2D eigenvalue weighted by molar-refractivity contribution is -0.941. The first-order chi connectivity index (χ1) is 23.8. The molecule has 1 N–H and O–H groups in total. The molecule has 0 aliphatic carbocycles. The van der Waals surface area contributed by atoms with Gasteiger partial charge in [-0.1, -0.05) is 205 Å². The minimum absolute atomic E-state index is 1.26. The molecule has 0 atom stereocenters. The topological polar surface area (TPSA) is 77.4 Å². The fraction of sp³-hybridized carbons (Fsp3) is 0.860. The van der Waals surface area contributed by atoms with E-state index in [0.717, 1.165) is 0 Å². The number of hydrogen-bond acceptors (Lipinski definition) is 3. The third-order valence-electron chi connectivity index (χ3n) is 10.3. The molecule has 0 saturated heterocycles.